The van der Waals surface area contributed by atoms with Crippen LogP contribution < -0.4 is 10.2 Å². The molecular weight excluding hydrogens is 380 g/mol. The fourth-order valence-electron chi connectivity index (χ4n) is 3.13. The summed E-state index contributed by atoms with van der Waals surface area (Å²) in [5.74, 6) is -0.657. The first-order valence-corrected chi connectivity index (χ1v) is 9.28. The van der Waals surface area contributed by atoms with Crippen LogP contribution in [-0.4, -0.2) is 35.4 Å². The summed E-state index contributed by atoms with van der Waals surface area (Å²) in [6, 6.07) is 22.8. The summed E-state index contributed by atoms with van der Waals surface area (Å²) < 4.78 is 0. The van der Waals surface area contributed by atoms with Crippen molar-refractivity contribution in [1.82, 2.24) is 0 Å². The van der Waals surface area contributed by atoms with Gasteiger partial charge in [0.15, 0.2) is 5.71 Å². The Morgan fingerprint density at radius 3 is 2.47 bits per heavy atom. The van der Waals surface area contributed by atoms with E-state index in [1.807, 2.05) is 18.2 Å². The van der Waals surface area contributed by atoms with E-state index in [-0.39, 0.29) is 23.9 Å². The number of carbonyl (C=O) groups is 2. The van der Waals surface area contributed by atoms with Gasteiger partial charge >= 0.3 is 0 Å². The van der Waals surface area contributed by atoms with E-state index < -0.39 is 5.91 Å². The predicted molar refractivity (Wildman–Crippen MR) is 116 cm³/mol. The Kier molecular flexibility index (Phi) is 5.34. The maximum atomic E-state index is 13.0. The zero-order valence-corrected chi connectivity index (χ0v) is 15.9. The molecule has 1 aliphatic rings. The van der Waals surface area contributed by atoms with Gasteiger partial charge in [0.25, 0.3) is 5.91 Å². The number of nitrogens with one attached hydrogen (secondary N) is 1. The standard InChI is InChI=1S/C23H18N4O3/c28-20-13-7-4-8-16(20)14-24-26-22-18-11-5-6-12-19(18)27(23(22)30)15-21(29)25-17-9-2-1-3-10-17/h1-14,28H,15H2,(H,25,29). The van der Waals surface area contributed by atoms with Gasteiger partial charge in [-0.2, -0.15) is 5.10 Å². The topological polar surface area (TPSA) is 94.4 Å². The van der Waals surface area contributed by atoms with E-state index >= 15 is 0 Å². The molecule has 2 N–H and O–H groups in total. The van der Waals surface area contributed by atoms with Crippen LogP contribution in [0.25, 0.3) is 0 Å². The van der Waals surface area contributed by atoms with Gasteiger partial charge in [0.2, 0.25) is 5.91 Å². The molecule has 30 heavy (non-hydrogen) atoms. The molecule has 4 rings (SSSR count). The lowest BCUT2D eigenvalue weighted by Gasteiger charge is -2.16. The Hall–Kier alpha value is -4.26. The lowest BCUT2D eigenvalue weighted by atomic mass is 10.1. The number of phenolic OH excluding ortho intramolecular Hbond substituents is 1. The second kappa shape index (κ2) is 8.40. The van der Waals surface area contributed by atoms with Gasteiger partial charge in [0.05, 0.1) is 11.9 Å². The van der Waals surface area contributed by atoms with Gasteiger partial charge in [-0.3, -0.25) is 14.5 Å². The van der Waals surface area contributed by atoms with Gasteiger partial charge in [-0.1, -0.05) is 48.5 Å². The minimum Gasteiger partial charge on any atom is -0.507 e. The van der Waals surface area contributed by atoms with Gasteiger partial charge < -0.3 is 10.4 Å². The number of nitrogens with zero attached hydrogens (tertiary/aromatic N) is 3. The number of benzene rings is 3. The highest BCUT2D eigenvalue weighted by atomic mass is 16.3. The van der Waals surface area contributed by atoms with Crippen molar-refractivity contribution in [2.24, 2.45) is 10.2 Å². The summed E-state index contributed by atoms with van der Waals surface area (Å²) in [5, 5.41) is 20.6. The molecule has 7 heteroatoms. The number of hydrogen-bond donors (Lipinski definition) is 2. The Morgan fingerprint density at radius 1 is 0.967 bits per heavy atom. The molecule has 0 unspecified atom stereocenters. The second-order valence-corrected chi connectivity index (χ2v) is 6.57. The molecule has 3 aromatic carbocycles. The predicted octanol–water partition coefficient (Wildman–Crippen LogP) is 3.20. The third-order valence-corrected chi connectivity index (χ3v) is 4.55. The van der Waals surface area contributed by atoms with E-state index in [2.05, 4.69) is 15.5 Å². The van der Waals surface area contributed by atoms with Crippen LogP contribution in [-0.2, 0) is 9.59 Å². The monoisotopic (exact) mass is 398 g/mol. The van der Waals surface area contributed by atoms with Crippen LogP contribution in [0.2, 0.25) is 0 Å². The summed E-state index contributed by atoms with van der Waals surface area (Å²) >= 11 is 0. The average molecular weight is 398 g/mol. The number of hydrogen-bond acceptors (Lipinski definition) is 5. The molecule has 148 valence electrons. The quantitative estimate of drug-likeness (QED) is 0.510. The lowest BCUT2D eigenvalue weighted by Crippen LogP contribution is -2.37. The molecule has 0 atom stereocenters. The van der Waals surface area contributed by atoms with Gasteiger partial charge in [0.1, 0.15) is 12.3 Å². The minimum atomic E-state index is -0.408. The SMILES string of the molecule is O=C(CN1C(=O)C(=NN=Cc2ccccc2O)c2ccccc21)Nc1ccccc1. The zero-order valence-electron chi connectivity index (χ0n) is 15.9. The molecule has 0 spiro atoms. The van der Waals surface area contributed by atoms with Gasteiger partial charge in [-0.05, 0) is 30.3 Å². The largest absolute Gasteiger partial charge is 0.507 e. The van der Waals surface area contributed by atoms with Gasteiger partial charge in [-0.25, -0.2) is 0 Å². The molecule has 0 saturated carbocycles. The fourth-order valence-corrected chi connectivity index (χ4v) is 3.13. The van der Waals surface area contributed by atoms with Crippen molar-refractivity contribution in [3.63, 3.8) is 0 Å². The molecular formula is C23H18N4O3. The van der Waals surface area contributed by atoms with Crippen molar-refractivity contribution >= 4 is 35.1 Å². The highest BCUT2D eigenvalue weighted by molar-refractivity contribution is 6.54. The Labute approximate surface area is 173 Å². The van der Waals surface area contributed by atoms with Crippen LogP contribution in [0.5, 0.6) is 5.75 Å². The molecule has 0 aliphatic carbocycles. The molecule has 0 fully saturated rings. The number of rotatable bonds is 5. The van der Waals surface area contributed by atoms with Crippen LogP contribution in [0, 0.1) is 0 Å². The molecule has 0 saturated heterocycles. The lowest BCUT2D eigenvalue weighted by molar-refractivity contribution is -0.118. The van der Waals surface area contributed by atoms with Crippen molar-refractivity contribution < 1.29 is 14.7 Å². The average Bonchev–Trinajstić information content (AvgIpc) is 3.02. The van der Waals surface area contributed by atoms with Crippen LogP contribution in [0.4, 0.5) is 11.4 Å². The van der Waals surface area contributed by atoms with E-state index in [4.69, 9.17) is 0 Å². The maximum Gasteiger partial charge on any atom is 0.279 e. The number of aromatic hydroxyl groups is 1. The highest BCUT2D eigenvalue weighted by Gasteiger charge is 2.35. The smallest absolute Gasteiger partial charge is 0.279 e. The first kappa shape index (κ1) is 19.1. The third kappa shape index (κ3) is 3.95. The van der Waals surface area contributed by atoms with Gasteiger partial charge in [-0.15, -0.1) is 5.10 Å². The maximum absolute atomic E-state index is 13.0. The molecule has 1 heterocycles. The Bertz CT molecular complexity index is 1160. The molecule has 0 aromatic heterocycles. The van der Waals surface area contributed by atoms with Crippen LogP contribution >= 0.6 is 0 Å². The Balaban J connectivity index is 1.56. The van der Waals surface area contributed by atoms with Crippen LogP contribution in [0.3, 0.4) is 0 Å². The summed E-state index contributed by atoms with van der Waals surface area (Å²) in [6.45, 7) is -0.146. The van der Waals surface area contributed by atoms with Crippen molar-refractivity contribution in [2.45, 2.75) is 0 Å². The van der Waals surface area contributed by atoms with Crippen LogP contribution in [0.1, 0.15) is 11.1 Å². The highest BCUT2D eigenvalue weighted by Crippen LogP contribution is 2.29. The molecule has 3 aromatic rings. The number of para-hydroxylation sites is 3. The molecule has 2 amide bonds. The van der Waals surface area contributed by atoms with Crippen molar-refractivity contribution in [1.29, 1.82) is 0 Å². The summed E-state index contributed by atoms with van der Waals surface area (Å²) in [5.41, 5.74) is 2.49. The van der Waals surface area contributed by atoms with Crippen molar-refractivity contribution in [3.8, 4) is 5.75 Å². The number of carbonyl (C=O) groups excluding carboxylic acids is 2. The second-order valence-electron chi connectivity index (χ2n) is 6.57. The fraction of sp³-hybridized carbons (Fsp3) is 0.0435. The normalized spacial score (nSPS) is 14.3. The van der Waals surface area contributed by atoms with Crippen molar-refractivity contribution in [3.05, 3.63) is 90.0 Å². The Morgan fingerprint density at radius 2 is 1.67 bits per heavy atom. The van der Waals surface area contributed by atoms with E-state index in [1.54, 1.807) is 54.6 Å². The number of phenols is 1. The summed E-state index contributed by atoms with van der Waals surface area (Å²) in [6.07, 6.45) is 1.38. The van der Waals surface area contributed by atoms with Gasteiger partial charge in [0, 0.05) is 16.8 Å². The van der Waals surface area contributed by atoms with E-state index in [1.165, 1.54) is 17.2 Å². The molecule has 0 radical (unpaired) electrons. The van der Waals surface area contributed by atoms with Crippen molar-refractivity contribution in [2.75, 3.05) is 16.8 Å². The first-order chi connectivity index (χ1) is 14.6. The first-order valence-electron chi connectivity index (χ1n) is 9.28. The zero-order chi connectivity index (χ0) is 20.9. The number of amides is 2. The minimum absolute atomic E-state index is 0.0683. The number of fused-ring (bicyclic) bond motifs is 1. The summed E-state index contributed by atoms with van der Waals surface area (Å²) in [4.78, 5) is 26.8. The van der Waals surface area contributed by atoms with E-state index in [0.717, 1.165) is 0 Å². The third-order valence-electron chi connectivity index (χ3n) is 4.55. The van der Waals surface area contributed by atoms with Crippen LogP contribution in [0.15, 0.2) is 89.1 Å². The van der Waals surface area contributed by atoms with E-state index in [0.29, 0.717) is 22.5 Å². The van der Waals surface area contributed by atoms with E-state index in [9.17, 15) is 14.7 Å². The number of anilines is 2. The molecule has 7 nitrogen and oxygen atoms in total. The molecule has 1 aliphatic heterocycles. The summed E-state index contributed by atoms with van der Waals surface area (Å²) in [7, 11) is 0. The molecule has 0 bridgehead atoms.